The molecule has 1 saturated carbocycles. The van der Waals surface area contributed by atoms with Crippen LogP contribution in [0.5, 0.6) is 0 Å². The monoisotopic (exact) mass is 331 g/mol. The molecule has 136 valence electrons. The smallest absolute Gasteiger partial charge is 0.151 e. The van der Waals surface area contributed by atoms with Gasteiger partial charge in [-0.25, -0.2) is 0 Å². The third-order valence-corrected chi connectivity index (χ3v) is 6.06. The fraction of sp³-hybridized carbons (Fsp3) is 0.818. The highest BCUT2D eigenvalue weighted by atomic mass is 16.1. The van der Waals surface area contributed by atoms with Gasteiger partial charge in [-0.05, 0) is 38.0 Å². The van der Waals surface area contributed by atoms with Gasteiger partial charge in [-0.1, -0.05) is 76.7 Å². The predicted molar refractivity (Wildman–Crippen MR) is 104 cm³/mol. The van der Waals surface area contributed by atoms with Crippen LogP contribution in [0.25, 0.3) is 0 Å². The van der Waals surface area contributed by atoms with E-state index in [2.05, 4.69) is 6.08 Å². The topological polar surface area (TPSA) is 29.4 Å². The van der Waals surface area contributed by atoms with E-state index in [4.69, 9.17) is 4.99 Å². The van der Waals surface area contributed by atoms with Gasteiger partial charge in [0.2, 0.25) is 0 Å². The molecule has 0 bridgehead atoms. The van der Waals surface area contributed by atoms with Crippen LogP contribution in [-0.4, -0.2) is 18.5 Å². The lowest BCUT2D eigenvalue weighted by atomic mass is 9.80. The molecular formula is C22H37NO. The molecule has 1 aliphatic carbocycles. The Morgan fingerprint density at radius 1 is 0.833 bits per heavy atom. The second kappa shape index (κ2) is 11.6. The SMILES string of the molecule is CC1=N/CC2CCCCCCCCCCCCCC2C/C=C\1C=O. The lowest BCUT2D eigenvalue weighted by molar-refractivity contribution is -0.104. The number of aldehydes is 1. The summed E-state index contributed by atoms with van der Waals surface area (Å²) in [6.45, 7) is 2.93. The van der Waals surface area contributed by atoms with Crippen LogP contribution >= 0.6 is 0 Å². The number of allylic oxidation sites excluding steroid dienone is 2. The molecule has 0 aromatic carbocycles. The molecule has 1 fully saturated rings. The summed E-state index contributed by atoms with van der Waals surface area (Å²) >= 11 is 0. The van der Waals surface area contributed by atoms with Gasteiger partial charge in [-0.15, -0.1) is 0 Å². The van der Waals surface area contributed by atoms with Crippen molar-refractivity contribution in [1.82, 2.24) is 0 Å². The van der Waals surface area contributed by atoms with Gasteiger partial charge in [-0.3, -0.25) is 9.79 Å². The lowest BCUT2D eigenvalue weighted by Crippen LogP contribution is -2.21. The molecule has 2 nitrogen and oxygen atoms in total. The molecule has 24 heavy (non-hydrogen) atoms. The average Bonchev–Trinajstić information content (AvgIpc) is 2.59. The molecule has 0 aromatic heterocycles. The first-order valence-electron chi connectivity index (χ1n) is 10.5. The number of carbonyl (C=O) groups is 1. The number of hydrogen-bond acceptors (Lipinski definition) is 2. The summed E-state index contributed by atoms with van der Waals surface area (Å²) in [5.74, 6) is 1.44. The second-order valence-corrected chi connectivity index (χ2v) is 7.93. The molecule has 2 unspecified atom stereocenters. The summed E-state index contributed by atoms with van der Waals surface area (Å²) in [5.41, 5.74) is 1.77. The molecule has 2 aliphatic rings. The molecule has 2 heteroatoms. The van der Waals surface area contributed by atoms with E-state index in [9.17, 15) is 4.79 Å². The van der Waals surface area contributed by atoms with E-state index in [-0.39, 0.29) is 0 Å². The van der Waals surface area contributed by atoms with Crippen LogP contribution in [0.2, 0.25) is 0 Å². The van der Waals surface area contributed by atoms with Gasteiger partial charge in [0.05, 0.1) is 0 Å². The summed E-state index contributed by atoms with van der Waals surface area (Å²) in [6, 6.07) is 0. The fourth-order valence-corrected chi connectivity index (χ4v) is 4.33. The van der Waals surface area contributed by atoms with E-state index in [1.807, 2.05) is 6.92 Å². The maximum Gasteiger partial charge on any atom is 0.151 e. The maximum atomic E-state index is 11.3. The first-order chi connectivity index (χ1) is 11.8. The van der Waals surface area contributed by atoms with E-state index in [0.29, 0.717) is 0 Å². The Bertz CT molecular complexity index is 424. The Morgan fingerprint density at radius 3 is 1.88 bits per heavy atom. The Balaban J connectivity index is 1.97. The van der Waals surface area contributed by atoms with Crippen molar-refractivity contribution in [3.8, 4) is 0 Å². The zero-order valence-electron chi connectivity index (χ0n) is 15.8. The highest BCUT2D eigenvalue weighted by molar-refractivity contribution is 6.13. The van der Waals surface area contributed by atoms with E-state index in [1.165, 1.54) is 83.5 Å². The second-order valence-electron chi connectivity index (χ2n) is 7.93. The van der Waals surface area contributed by atoms with Gasteiger partial charge >= 0.3 is 0 Å². The molecule has 0 saturated heterocycles. The summed E-state index contributed by atoms with van der Waals surface area (Å²) in [7, 11) is 0. The Labute approximate surface area is 149 Å². The molecule has 2 rings (SSSR count). The Hall–Kier alpha value is -0.920. The molecular weight excluding hydrogens is 294 g/mol. The first kappa shape index (κ1) is 19.4. The number of carbonyl (C=O) groups excluding carboxylic acids is 1. The molecule has 1 aliphatic heterocycles. The van der Waals surface area contributed by atoms with Gasteiger partial charge in [-0.2, -0.15) is 0 Å². The highest BCUT2D eigenvalue weighted by Crippen LogP contribution is 2.30. The van der Waals surface area contributed by atoms with Crippen LogP contribution in [0.3, 0.4) is 0 Å². The summed E-state index contributed by atoms with van der Waals surface area (Å²) in [4.78, 5) is 16.0. The van der Waals surface area contributed by atoms with Crippen molar-refractivity contribution in [1.29, 1.82) is 0 Å². The average molecular weight is 332 g/mol. The maximum absolute atomic E-state index is 11.3. The van der Waals surface area contributed by atoms with Crippen molar-refractivity contribution in [2.24, 2.45) is 16.8 Å². The minimum atomic E-state index is 0.717. The number of rotatable bonds is 1. The van der Waals surface area contributed by atoms with Crippen LogP contribution in [-0.2, 0) is 4.79 Å². The lowest BCUT2D eigenvalue weighted by Gasteiger charge is -2.27. The normalized spacial score (nSPS) is 33.2. The van der Waals surface area contributed by atoms with Crippen molar-refractivity contribution in [3.63, 3.8) is 0 Å². The van der Waals surface area contributed by atoms with Crippen molar-refractivity contribution < 1.29 is 4.79 Å². The number of nitrogens with zero attached hydrogens (tertiary/aromatic N) is 1. The third kappa shape index (κ3) is 6.91. The van der Waals surface area contributed by atoms with Gasteiger partial charge in [0.1, 0.15) is 0 Å². The summed E-state index contributed by atoms with van der Waals surface area (Å²) < 4.78 is 0. The number of aliphatic imine (C=N–C) groups is 1. The first-order valence-corrected chi connectivity index (χ1v) is 10.5. The fourth-order valence-electron chi connectivity index (χ4n) is 4.33. The van der Waals surface area contributed by atoms with E-state index in [0.717, 1.165) is 42.4 Å². The largest absolute Gasteiger partial charge is 0.298 e. The number of hydrogen-bond donors (Lipinski definition) is 0. The zero-order valence-corrected chi connectivity index (χ0v) is 15.8. The van der Waals surface area contributed by atoms with Gasteiger partial charge in [0.25, 0.3) is 0 Å². The Morgan fingerprint density at radius 2 is 1.33 bits per heavy atom. The van der Waals surface area contributed by atoms with Gasteiger partial charge < -0.3 is 0 Å². The third-order valence-electron chi connectivity index (χ3n) is 6.06. The van der Waals surface area contributed by atoms with Crippen LogP contribution in [0.4, 0.5) is 0 Å². The minimum Gasteiger partial charge on any atom is -0.298 e. The van der Waals surface area contributed by atoms with Crippen LogP contribution < -0.4 is 0 Å². The molecule has 0 N–H and O–H groups in total. The van der Waals surface area contributed by atoms with Crippen LogP contribution in [0.1, 0.15) is 96.8 Å². The van der Waals surface area contributed by atoms with Gasteiger partial charge in [0, 0.05) is 17.8 Å². The minimum absolute atomic E-state index is 0.717. The standard InChI is InChI=1S/C22H37NO/c1-19-22(18-24)16-15-20-13-11-9-7-5-3-2-4-6-8-10-12-14-21(20)17-23-19/h16,18,20-21H,2-15,17H2,1H3/b22-16-,23-19-. The molecule has 0 aromatic rings. The van der Waals surface area contributed by atoms with Crippen molar-refractivity contribution >= 4 is 12.0 Å². The molecule has 0 radical (unpaired) electrons. The van der Waals surface area contributed by atoms with Crippen molar-refractivity contribution in [2.75, 3.05) is 6.54 Å². The molecule has 2 atom stereocenters. The summed E-state index contributed by atoms with van der Waals surface area (Å²) in [6.07, 6.45) is 22.4. The molecule has 1 heterocycles. The zero-order chi connectivity index (χ0) is 17.0. The van der Waals surface area contributed by atoms with Gasteiger partial charge in [0.15, 0.2) is 6.29 Å². The molecule has 0 amide bonds. The highest BCUT2D eigenvalue weighted by Gasteiger charge is 2.22. The quantitative estimate of drug-likeness (QED) is 0.519. The van der Waals surface area contributed by atoms with Crippen LogP contribution in [0.15, 0.2) is 16.6 Å². The van der Waals surface area contributed by atoms with Crippen molar-refractivity contribution in [3.05, 3.63) is 11.6 Å². The van der Waals surface area contributed by atoms with E-state index < -0.39 is 0 Å². The van der Waals surface area contributed by atoms with E-state index in [1.54, 1.807) is 0 Å². The predicted octanol–water partition coefficient (Wildman–Crippen LogP) is 6.29. The Kier molecular flexibility index (Phi) is 9.38. The number of fused-ring (bicyclic) bond motifs is 1. The van der Waals surface area contributed by atoms with Crippen LogP contribution in [0, 0.1) is 11.8 Å². The van der Waals surface area contributed by atoms with Crippen molar-refractivity contribution in [2.45, 2.75) is 96.8 Å². The molecule has 0 spiro atoms. The van der Waals surface area contributed by atoms with E-state index >= 15 is 0 Å². The summed E-state index contributed by atoms with van der Waals surface area (Å²) in [5, 5.41) is 0.